The van der Waals surface area contributed by atoms with E-state index in [0.29, 0.717) is 23.8 Å². The number of imidazole rings is 1. The van der Waals surface area contributed by atoms with Crippen LogP contribution < -0.4 is 4.74 Å². The zero-order valence-corrected chi connectivity index (χ0v) is 14.5. The molecule has 2 heterocycles. The van der Waals surface area contributed by atoms with E-state index in [1.54, 1.807) is 19.2 Å². The number of nitriles is 1. The summed E-state index contributed by atoms with van der Waals surface area (Å²) in [6.45, 7) is 3.78. The number of pyridine rings is 1. The minimum atomic E-state index is -0.631. The largest absolute Gasteiger partial charge is 0.493 e. The highest BCUT2D eigenvalue weighted by Crippen LogP contribution is 2.28. The highest BCUT2D eigenvalue weighted by Gasteiger charge is 2.25. The van der Waals surface area contributed by atoms with Gasteiger partial charge in [-0.25, -0.2) is 14.8 Å². The van der Waals surface area contributed by atoms with Gasteiger partial charge in [-0.2, -0.15) is 5.26 Å². The minimum Gasteiger partial charge on any atom is -0.493 e. The molecule has 0 N–H and O–H groups in total. The fraction of sp³-hybridized carbons (Fsp3) is 0.333. The van der Waals surface area contributed by atoms with Crippen LogP contribution in [0, 0.1) is 11.3 Å². The Labute approximate surface area is 142 Å². The highest BCUT2D eigenvalue weighted by molar-refractivity contribution is 9.10. The summed E-state index contributed by atoms with van der Waals surface area (Å²) in [5, 5.41) is 9.51. The summed E-state index contributed by atoms with van der Waals surface area (Å²) in [7, 11) is 1.51. The molecule has 0 atom stereocenters. The molecule has 7 nitrogen and oxygen atoms in total. The van der Waals surface area contributed by atoms with E-state index in [0.717, 1.165) is 4.47 Å². The molecule has 2 aromatic heterocycles. The lowest BCUT2D eigenvalue weighted by molar-refractivity contribution is 0.0519. The molecule has 0 saturated carbocycles. The number of nitrogens with zero attached hydrogens (tertiary/aromatic N) is 4. The molecular weight excluding hydrogens is 364 g/mol. The van der Waals surface area contributed by atoms with Crippen LogP contribution in [0.4, 0.5) is 0 Å². The first-order valence-electron chi connectivity index (χ1n) is 6.96. The minimum absolute atomic E-state index is 0.0158. The molecule has 0 fully saturated rings. The number of esters is 1. The number of halogens is 1. The quantitative estimate of drug-likeness (QED) is 0.742. The number of hydrogen-bond donors (Lipinski definition) is 0. The number of aromatic nitrogens is 3. The number of carbonyl (C=O) groups is 1. The third-order valence-electron chi connectivity index (χ3n) is 3.07. The lowest BCUT2D eigenvalue weighted by atomic mass is 10.3. The van der Waals surface area contributed by atoms with Crippen molar-refractivity contribution in [1.82, 2.24) is 14.5 Å². The van der Waals surface area contributed by atoms with Gasteiger partial charge in [-0.3, -0.25) is 4.57 Å². The molecule has 0 amide bonds. The number of rotatable bonds is 5. The van der Waals surface area contributed by atoms with Gasteiger partial charge in [0.25, 0.3) is 0 Å². The van der Waals surface area contributed by atoms with Crippen molar-refractivity contribution >= 4 is 21.9 Å². The number of ether oxygens (including phenoxy) is 2. The Morgan fingerprint density at radius 3 is 2.78 bits per heavy atom. The third kappa shape index (κ3) is 3.19. The molecule has 0 aliphatic carbocycles. The van der Waals surface area contributed by atoms with Crippen molar-refractivity contribution in [2.45, 2.75) is 20.3 Å². The van der Waals surface area contributed by atoms with Gasteiger partial charge < -0.3 is 9.47 Å². The van der Waals surface area contributed by atoms with Crippen LogP contribution in [-0.4, -0.2) is 34.2 Å². The molecule has 8 heteroatoms. The van der Waals surface area contributed by atoms with Crippen LogP contribution >= 0.6 is 15.9 Å². The van der Waals surface area contributed by atoms with E-state index < -0.39 is 5.97 Å². The summed E-state index contributed by atoms with van der Waals surface area (Å²) >= 11 is 3.32. The molecule has 0 saturated heterocycles. The summed E-state index contributed by atoms with van der Waals surface area (Å²) in [6.07, 6.45) is 2.09. The first-order valence-corrected chi connectivity index (χ1v) is 7.75. The van der Waals surface area contributed by atoms with E-state index >= 15 is 0 Å². The second kappa shape index (κ2) is 7.24. The normalized spacial score (nSPS) is 10.2. The van der Waals surface area contributed by atoms with Gasteiger partial charge in [0.2, 0.25) is 0 Å². The van der Waals surface area contributed by atoms with Crippen LogP contribution in [0.5, 0.6) is 5.75 Å². The lowest BCUT2D eigenvalue weighted by Gasteiger charge is -2.11. The van der Waals surface area contributed by atoms with Gasteiger partial charge in [-0.1, -0.05) is 6.92 Å². The predicted molar refractivity (Wildman–Crippen MR) is 85.7 cm³/mol. The van der Waals surface area contributed by atoms with Gasteiger partial charge >= 0.3 is 5.97 Å². The van der Waals surface area contributed by atoms with Crippen molar-refractivity contribution in [2.24, 2.45) is 0 Å². The van der Waals surface area contributed by atoms with E-state index in [4.69, 9.17) is 9.47 Å². The zero-order chi connectivity index (χ0) is 17.0. The fourth-order valence-corrected chi connectivity index (χ4v) is 2.42. The predicted octanol–water partition coefficient (Wildman–Crippen LogP) is 2.65. The number of hydrogen-bond acceptors (Lipinski definition) is 6. The Morgan fingerprint density at radius 1 is 1.48 bits per heavy atom. The second-order valence-electron chi connectivity index (χ2n) is 4.43. The molecule has 0 aliphatic rings. The summed E-state index contributed by atoms with van der Waals surface area (Å²) in [4.78, 5) is 20.6. The molecule has 0 radical (unpaired) electrons. The van der Waals surface area contributed by atoms with E-state index in [1.165, 1.54) is 11.7 Å². The van der Waals surface area contributed by atoms with Gasteiger partial charge in [-0.15, -0.1) is 0 Å². The van der Waals surface area contributed by atoms with Crippen LogP contribution in [0.3, 0.4) is 0 Å². The van der Waals surface area contributed by atoms with E-state index in [-0.39, 0.29) is 18.0 Å². The highest BCUT2D eigenvalue weighted by atomic mass is 79.9. The van der Waals surface area contributed by atoms with Gasteiger partial charge in [-0.05, 0) is 28.9 Å². The van der Waals surface area contributed by atoms with Crippen molar-refractivity contribution in [3.05, 3.63) is 33.9 Å². The molecular formula is C15H15BrN4O3. The SMILES string of the molecule is CCOC(=O)c1nc(CC)n(-c2ncc(Br)cc2OC)c1C#N. The van der Waals surface area contributed by atoms with E-state index in [9.17, 15) is 10.1 Å². The first-order chi connectivity index (χ1) is 11.1. The molecule has 0 aromatic carbocycles. The first kappa shape index (κ1) is 17.0. The van der Waals surface area contributed by atoms with Crippen molar-refractivity contribution in [2.75, 3.05) is 13.7 Å². The average Bonchev–Trinajstić information content (AvgIpc) is 2.93. The van der Waals surface area contributed by atoms with Crippen molar-refractivity contribution in [1.29, 1.82) is 5.26 Å². The monoisotopic (exact) mass is 378 g/mol. The molecule has 0 spiro atoms. The summed E-state index contributed by atoms with van der Waals surface area (Å²) in [5.74, 6) is 0.747. The summed E-state index contributed by atoms with van der Waals surface area (Å²) in [6, 6.07) is 3.74. The maximum atomic E-state index is 12.0. The second-order valence-corrected chi connectivity index (χ2v) is 5.34. The molecule has 120 valence electrons. The standard InChI is InChI=1S/C15H15BrN4O3/c1-4-12-19-13(15(21)23-5-2)10(7-17)20(12)14-11(22-3)6-9(16)8-18-14/h6,8H,4-5H2,1-3H3. The Bertz CT molecular complexity index is 780. The average molecular weight is 379 g/mol. The molecule has 2 rings (SSSR count). The van der Waals surface area contributed by atoms with E-state index in [1.807, 2.05) is 13.0 Å². The molecule has 0 unspecified atom stereocenters. The lowest BCUT2D eigenvalue weighted by Crippen LogP contribution is -2.09. The number of aryl methyl sites for hydroxylation is 1. The van der Waals surface area contributed by atoms with Crippen LogP contribution in [0.25, 0.3) is 5.82 Å². The summed E-state index contributed by atoms with van der Waals surface area (Å²) < 4.78 is 12.6. The maximum Gasteiger partial charge on any atom is 0.359 e. The van der Waals surface area contributed by atoms with Crippen LogP contribution in [0.2, 0.25) is 0 Å². The molecule has 23 heavy (non-hydrogen) atoms. The zero-order valence-electron chi connectivity index (χ0n) is 13.0. The Morgan fingerprint density at radius 2 is 2.22 bits per heavy atom. The Balaban J connectivity index is 2.72. The van der Waals surface area contributed by atoms with Gasteiger partial charge in [0, 0.05) is 17.1 Å². The smallest absolute Gasteiger partial charge is 0.359 e. The van der Waals surface area contributed by atoms with E-state index in [2.05, 4.69) is 25.9 Å². The van der Waals surface area contributed by atoms with Crippen molar-refractivity contribution < 1.29 is 14.3 Å². The van der Waals surface area contributed by atoms with Crippen molar-refractivity contribution in [3.63, 3.8) is 0 Å². The number of methoxy groups -OCH3 is 1. The maximum absolute atomic E-state index is 12.0. The Kier molecular flexibility index (Phi) is 5.34. The van der Waals surface area contributed by atoms with Crippen LogP contribution in [0.15, 0.2) is 16.7 Å². The van der Waals surface area contributed by atoms with Gasteiger partial charge in [0.1, 0.15) is 11.9 Å². The number of carbonyl (C=O) groups excluding carboxylic acids is 1. The molecule has 2 aromatic rings. The fourth-order valence-electron chi connectivity index (χ4n) is 2.11. The topological polar surface area (TPSA) is 90.0 Å². The molecule has 0 bridgehead atoms. The molecule has 0 aliphatic heterocycles. The summed E-state index contributed by atoms with van der Waals surface area (Å²) in [5.41, 5.74) is 0.0615. The van der Waals surface area contributed by atoms with Gasteiger partial charge in [0.05, 0.1) is 13.7 Å². The van der Waals surface area contributed by atoms with Gasteiger partial charge in [0.15, 0.2) is 23.0 Å². The van der Waals surface area contributed by atoms with Crippen LogP contribution in [0.1, 0.15) is 35.9 Å². The third-order valence-corrected chi connectivity index (χ3v) is 3.50. The van der Waals surface area contributed by atoms with Crippen LogP contribution in [-0.2, 0) is 11.2 Å². The Hall–Kier alpha value is -2.40. The van der Waals surface area contributed by atoms with Crippen molar-refractivity contribution in [3.8, 4) is 17.6 Å².